The third kappa shape index (κ3) is 7.01. The highest BCUT2D eigenvalue weighted by molar-refractivity contribution is 7.92. The van der Waals surface area contributed by atoms with E-state index < -0.39 is 28.5 Å². The van der Waals surface area contributed by atoms with E-state index in [2.05, 4.69) is 5.32 Å². The number of benzene rings is 3. The molecule has 2 amide bonds. The molecule has 1 N–H and O–H groups in total. The van der Waals surface area contributed by atoms with E-state index in [0.717, 1.165) is 9.87 Å². The second kappa shape index (κ2) is 13.3. The van der Waals surface area contributed by atoms with Gasteiger partial charge in [-0.3, -0.25) is 13.9 Å². The normalized spacial score (nSPS) is 11.8. The van der Waals surface area contributed by atoms with Crippen molar-refractivity contribution in [1.82, 2.24) is 10.2 Å². The number of hydrogen-bond donors (Lipinski definition) is 1. The highest BCUT2D eigenvalue weighted by Gasteiger charge is 2.34. The van der Waals surface area contributed by atoms with Crippen LogP contribution in [0.3, 0.4) is 0 Å². The summed E-state index contributed by atoms with van der Waals surface area (Å²) in [6.07, 6.45) is 0.318. The Balaban J connectivity index is 2.09. The van der Waals surface area contributed by atoms with Crippen LogP contribution in [0.15, 0.2) is 77.7 Å². The van der Waals surface area contributed by atoms with Crippen molar-refractivity contribution < 1.29 is 27.5 Å². The molecule has 0 saturated carbocycles. The van der Waals surface area contributed by atoms with Gasteiger partial charge in [0.25, 0.3) is 10.0 Å². The second-order valence-corrected chi connectivity index (χ2v) is 10.8. The number of hydrogen-bond acceptors (Lipinski definition) is 6. The van der Waals surface area contributed by atoms with E-state index in [1.807, 2.05) is 0 Å². The zero-order chi connectivity index (χ0) is 28.6. The van der Waals surface area contributed by atoms with Crippen LogP contribution >= 0.6 is 11.6 Å². The van der Waals surface area contributed by atoms with E-state index in [9.17, 15) is 18.0 Å². The minimum atomic E-state index is -4.24. The van der Waals surface area contributed by atoms with E-state index in [1.165, 1.54) is 50.4 Å². The molecule has 39 heavy (non-hydrogen) atoms. The van der Waals surface area contributed by atoms with Gasteiger partial charge in [-0.1, -0.05) is 42.8 Å². The first-order chi connectivity index (χ1) is 18.7. The quantitative estimate of drug-likeness (QED) is 0.350. The van der Waals surface area contributed by atoms with Gasteiger partial charge in [0, 0.05) is 18.6 Å². The van der Waals surface area contributed by atoms with E-state index in [4.69, 9.17) is 21.1 Å². The Bertz CT molecular complexity index is 1380. The van der Waals surface area contributed by atoms with Crippen LogP contribution in [-0.4, -0.2) is 59.0 Å². The fourth-order valence-electron chi connectivity index (χ4n) is 4.10. The predicted molar refractivity (Wildman–Crippen MR) is 151 cm³/mol. The number of para-hydroxylation sites is 2. The average Bonchev–Trinajstić information content (AvgIpc) is 2.96. The molecule has 1 atom stereocenters. The average molecular weight is 574 g/mol. The summed E-state index contributed by atoms with van der Waals surface area (Å²) in [5, 5.41) is 3.13. The Labute approximate surface area is 234 Å². The maximum absolute atomic E-state index is 13.9. The number of halogens is 1. The molecular weight excluding hydrogens is 542 g/mol. The number of nitrogens with one attached hydrogen (secondary N) is 1. The largest absolute Gasteiger partial charge is 0.497 e. The van der Waals surface area contributed by atoms with Crippen LogP contribution in [0.2, 0.25) is 5.02 Å². The van der Waals surface area contributed by atoms with E-state index in [-0.39, 0.29) is 28.8 Å². The Hall–Kier alpha value is -3.76. The zero-order valence-electron chi connectivity index (χ0n) is 22.3. The van der Waals surface area contributed by atoms with Gasteiger partial charge in [-0.15, -0.1) is 0 Å². The molecule has 0 bridgehead atoms. The van der Waals surface area contributed by atoms with E-state index >= 15 is 0 Å². The van der Waals surface area contributed by atoms with E-state index in [0.29, 0.717) is 17.2 Å². The van der Waals surface area contributed by atoms with Gasteiger partial charge in [0.15, 0.2) is 0 Å². The minimum Gasteiger partial charge on any atom is -0.497 e. The molecule has 0 aliphatic heterocycles. The maximum Gasteiger partial charge on any atom is 0.264 e. The fourth-order valence-corrected chi connectivity index (χ4v) is 5.65. The van der Waals surface area contributed by atoms with Crippen molar-refractivity contribution in [3.8, 4) is 11.5 Å². The number of anilines is 1. The number of rotatable bonds is 12. The van der Waals surface area contributed by atoms with Crippen LogP contribution in [0.4, 0.5) is 5.69 Å². The molecule has 0 unspecified atom stereocenters. The number of amides is 2. The molecule has 208 valence electrons. The number of carbonyl (C=O) groups excluding carboxylic acids is 2. The highest BCUT2D eigenvalue weighted by Crippen LogP contribution is 2.33. The fraction of sp³-hybridized carbons (Fsp3) is 0.286. The molecule has 0 heterocycles. The van der Waals surface area contributed by atoms with Crippen molar-refractivity contribution in [2.45, 2.75) is 30.8 Å². The lowest BCUT2D eigenvalue weighted by molar-refractivity contribution is -0.140. The van der Waals surface area contributed by atoms with Gasteiger partial charge in [-0.05, 0) is 60.5 Å². The number of sulfonamides is 1. The molecule has 0 aliphatic carbocycles. The summed E-state index contributed by atoms with van der Waals surface area (Å²) in [6.45, 7) is 1.29. The van der Waals surface area contributed by atoms with Gasteiger partial charge in [0.2, 0.25) is 11.8 Å². The van der Waals surface area contributed by atoms with Crippen LogP contribution in [0.1, 0.15) is 18.9 Å². The minimum absolute atomic E-state index is 0.0374. The van der Waals surface area contributed by atoms with E-state index in [1.54, 1.807) is 55.5 Å². The van der Waals surface area contributed by atoms with Crippen LogP contribution < -0.4 is 19.1 Å². The molecule has 0 aliphatic rings. The van der Waals surface area contributed by atoms with Crippen molar-refractivity contribution in [1.29, 1.82) is 0 Å². The molecule has 3 aromatic rings. The summed E-state index contributed by atoms with van der Waals surface area (Å²) < 4.78 is 39.5. The molecule has 0 radical (unpaired) electrons. The molecule has 11 heteroatoms. The van der Waals surface area contributed by atoms with Crippen molar-refractivity contribution in [3.63, 3.8) is 0 Å². The summed E-state index contributed by atoms with van der Waals surface area (Å²) in [4.78, 5) is 28.1. The number of likely N-dealkylation sites (N-methyl/N-ethyl adjacent to an activating group) is 1. The van der Waals surface area contributed by atoms with Crippen molar-refractivity contribution in [3.05, 3.63) is 83.4 Å². The second-order valence-electron chi connectivity index (χ2n) is 8.55. The van der Waals surface area contributed by atoms with Gasteiger partial charge in [0.05, 0.1) is 24.8 Å². The predicted octanol–water partition coefficient (Wildman–Crippen LogP) is 4.11. The first kappa shape index (κ1) is 29.8. The van der Waals surface area contributed by atoms with Gasteiger partial charge in [-0.2, -0.15) is 0 Å². The lowest BCUT2D eigenvalue weighted by atomic mass is 10.1. The third-order valence-corrected chi connectivity index (χ3v) is 8.20. The van der Waals surface area contributed by atoms with Crippen LogP contribution in [-0.2, 0) is 26.2 Å². The number of nitrogens with zero attached hydrogens (tertiary/aromatic N) is 2. The number of ether oxygens (including phenoxy) is 2. The topological polar surface area (TPSA) is 105 Å². The molecule has 9 nitrogen and oxygen atoms in total. The monoisotopic (exact) mass is 573 g/mol. The highest BCUT2D eigenvalue weighted by atomic mass is 35.5. The Morgan fingerprint density at radius 1 is 0.949 bits per heavy atom. The Morgan fingerprint density at radius 2 is 1.59 bits per heavy atom. The summed E-state index contributed by atoms with van der Waals surface area (Å²) >= 11 is 6.03. The summed E-state index contributed by atoms with van der Waals surface area (Å²) in [5.74, 6) is -0.172. The molecule has 3 aromatic carbocycles. The summed E-state index contributed by atoms with van der Waals surface area (Å²) in [6, 6.07) is 18.5. The maximum atomic E-state index is 13.9. The van der Waals surface area contributed by atoms with Gasteiger partial charge in [-0.25, -0.2) is 8.42 Å². The van der Waals surface area contributed by atoms with Crippen LogP contribution in [0, 0.1) is 0 Å². The van der Waals surface area contributed by atoms with Gasteiger partial charge >= 0.3 is 0 Å². The molecule has 0 fully saturated rings. The lowest BCUT2D eigenvalue weighted by Gasteiger charge is -2.33. The first-order valence-corrected chi connectivity index (χ1v) is 14.0. The van der Waals surface area contributed by atoms with Crippen LogP contribution in [0.5, 0.6) is 11.5 Å². The zero-order valence-corrected chi connectivity index (χ0v) is 23.8. The first-order valence-electron chi connectivity index (χ1n) is 12.2. The van der Waals surface area contributed by atoms with Gasteiger partial charge in [0.1, 0.15) is 24.1 Å². The SMILES string of the molecule is CC[C@H](C(=O)NC)N(Cc1ccc(Cl)cc1)C(=O)CN(c1ccccc1OC)S(=O)(=O)c1ccc(OC)cc1. The molecule has 0 spiro atoms. The smallest absolute Gasteiger partial charge is 0.264 e. The third-order valence-electron chi connectivity index (χ3n) is 6.18. The summed E-state index contributed by atoms with van der Waals surface area (Å²) in [7, 11) is 0.149. The van der Waals surface area contributed by atoms with Crippen molar-refractivity contribution in [2.24, 2.45) is 0 Å². The molecule has 3 rings (SSSR count). The van der Waals surface area contributed by atoms with Crippen molar-refractivity contribution in [2.75, 3.05) is 32.1 Å². The molecular formula is C28H32ClN3O6S. The van der Waals surface area contributed by atoms with Gasteiger partial charge < -0.3 is 19.7 Å². The Morgan fingerprint density at radius 3 is 2.15 bits per heavy atom. The number of methoxy groups -OCH3 is 2. The summed E-state index contributed by atoms with van der Waals surface area (Å²) in [5.41, 5.74) is 0.917. The van der Waals surface area contributed by atoms with Crippen LogP contribution in [0.25, 0.3) is 0 Å². The Kier molecular flexibility index (Phi) is 10.2. The van der Waals surface area contributed by atoms with Crippen molar-refractivity contribution >= 4 is 39.1 Å². The standard InChI is InChI=1S/C28H32ClN3O6S/c1-5-24(28(34)30-2)31(18-20-10-12-21(29)13-11-20)27(33)19-32(25-8-6-7-9-26(25)38-4)39(35,36)23-16-14-22(37-3)15-17-23/h6-17,24H,5,18-19H2,1-4H3,(H,30,34)/t24-/m1/s1. The molecule has 0 aromatic heterocycles. The lowest BCUT2D eigenvalue weighted by Crippen LogP contribution is -2.51. The molecule has 0 saturated heterocycles. The number of carbonyl (C=O) groups is 2.